The maximum Gasteiger partial charge on any atom is 0.573 e. The lowest BCUT2D eigenvalue weighted by Gasteiger charge is -2.12. The van der Waals surface area contributed by atoms with Crippen LogP contribution in [0.5, 0.6) is 17.2 Å². The SMILES string of the molecule is COC(C)Cc1ccc(C(=O)Nc2ccc(Oc3cccc(OC(F)(F)F)c3)cc2)c(C)n1. The van der Waals surface area contributed by atoms with Crippen LogP contribution in [0.3, 0.4) is 0 Å². The molecule has 0 radical (unpaired) electrons. The number of hydrogen-bond donors (Lipinski definition) is 1. The Morgan fingerprint density at radius 3 is 2.36 bits per heavy atom. The van der Waals surface area contributed by atoms with Crippen LogP contribution in [0.15, 0.2) is 60.7 Å². The number of benzene rings is 2. The van der Waals surface area contributed by atoms with E-state index in [1.54, 1.807) is 50.4 Å². The summed E-state index contributed by atoms with van der Waals surface area (Å²) in [5.41, 5.74) is 2.42. The minimum Gasteiger partial charge on any atom is -0.457 e. The van der Waals surface area contributed by atoms with E-state index in [0.29, 0.717) is 29.1 Å². The van der Waals surface area contributed by atoms with Crippen LogP contribution in [0.2, 0.25) is 0 Å². The van der Waals surface area contributed by atoms with E-state index in [-0.39, 0.29) is 23.5 Å². The number of amides is 1. The lowest BCUT2D eigenvalue weighted by Crippen LogP contribution is -2.17. The number of halogens is 3. The molecule has 1 heterocycles. The third kappa shape index (κ3) is 7.21. The molecular weight excluding hydrogens is 437 g/mol. The van der Waals surface area contributed by atoms with Crippen molar-refractivity contribution in [3.8, 4) is 17.2 Å². The number of carbonyl (C=O) groups excluding carboxylic acids is 1. The van der Waals surface area contributed by atoms with Gasteiger partial charge in [0.15, 0.2) is 0 Å². The van der Waals surface area contributed by atoms with E-state index in [0.717, 1.165) is 11.8 Å². The van der Waals surface area contributed by atoms with Crippen molar-refractivity contribution in [3.63, 3.8) is 0 Å². The molecule has 1 amide bonds. The van der Waals surface area contributed by atoms with Crippen LogP contribution in [-0.4, -0.2) is 30.5 Å². The third-order valence-corrected chi connectivity index (χ3v) is 4.67. The molecule has 1 unspecified atom stereocenters. The van der Waals surface area contributed by atoms with E-state index < -0.39 is 6.36 Å². The Labute approximate surface area is 189 Å². The van der Waals surface area contributed by atoms with Gasteiger partial charge in [0, 0.05) is 31.0 Å². The summed E-state index contributed by atoms with van der Waals surface area (Å²) in [7, 11) is 1.63. The van der Waals surface area contributed by atoms with E-state index >= 15 is 0 Å². The lowest BCUT2D eigenvalue weighted by molar-refractivity contribution is -0.274. The first-order chi connectivity index (χ1) is 15.6. The number of alkyl halides is 3. The number of aryl methyl sites for hydroxylation is 1. The summed E-state index contributed by atoms with van der Waals surface area (Å²) < 4.78 is 51.8. The van der Waals surface area contributed by atoms with Crippen LogP contribution in [0, 0.1) is 6.92 Å². The molecule has 0 aliphatic carbocycles. The number of nitrogens with one attached hydrogen (secondary N) is 1. The van der Waals surface area contributed by atoms with E-state index in [1.165, 1.54) is 18.2 Å². The average Bonchev–Trinajstić information content (AvgIpc) is 2.74. The fraction of sp³-hybridized carbons (Fsp3) is 0.250. The van der Waals surface area contributed by atoms with Crippen molar-refractivity contribution in [1.82, 2.24) is 4.98 Å². The second kappa shape index (κ2) is 10.4. The first kappa shape index (κ1) is 24.1. The smallest absolute Gasteiger partial charge is 0.457 e. The van der Waals surface area contributed by atoms with Crippen molar-refractivity contribution in [1.29, 1.82) is 0 Å². The van der Waals surface area contributed by atoms with Crippen molar-refractivity contribution in [2.24, 2.45) is 0 Å². The molecule has 33 heavy (non-hydrogen) atoms. The van der Waals surface area contributed by atoms with Gasteiger partial charge in [0.25, 0.3) is 5.91 Å². The highest BCUT2D eigenvalue weighted by Crippen LogP contribution is 2.29. The van der Waals surface area contributed by atoms with E-state index in [1.807, 2.05) is 6.92 Å². The number of methoxy groups -OCH3 is 1. The summed E-state index contributed by atoms with van der Waals surface area (Å²) in [5.74, 6) is -0.127. The molecule has 9 heteroatoms. The van der Waals surface area contributed by atoms with Gasteiger partial charge in [-0.2, -0.15) is 0 Å². The molecule has 1 atom stereocenters. The molecule has 0 saturated heterocycles. The third-order valence-electron chi connectivity index (χ3n) is 4.67. The van der Waals surface area contributed by atoms with Crippen molar-refractivity contribution in [2.75, 3.05) is 12.4 Å². The minimum absolute atomic E-state index is 0.0250. The Hall–Kier alpha value is -3.59. The molecule has 2 aromatic carbocycles. The van der Waals surface area contributed by atoms with Crippen LogP contribution < -0.4 is 14.8 Å². The summed E-state index contributed by atoms with van der Waals surface area (Å²) in [6.07, 6.45) is -4.11. The summed E-state index contributed by atoms with van der Waals surface area (Å²) in [6.45, 7) is 3.71. The monoisotopic (exact) mass is 460 g/mol. The molecular formula is C24H23F3N2O4. The molecule has 0 aliphatic rings. The maximum absolute atomic E-state index is 12.6. The predicted octanol–water partition coefficient (Wildman–Crippen LogP) is 5.91. The van der Waals surface area contributed by atoms with Crippen molar-refractivity contribution < 1.29 is 32.2 Å². The fourth-order valence-electron chi connectivity index (χ4n) is 3.02. The highest BCUT2D eigenvalue weighted by Gasteiger charge is 2.31. The Morgan fingerprint density at radius 2 is 1.73 bits per heavy atom. The Balaban J connectivity index is 1.63. The number of hydrogen-bond acceptors (Lipinski definition) is 5. The van der Waals surface area contributed by atoms with Gasteiger partial charge in [-0.25, -0.2) is 0 Å². The quantitative estimate of drug-likeness (QED) is 0.453. The summed E-state index contributed by atoms with van der Waals surface area (Å²) in [6, 6.07) is 15.2. The second-order valence-corrected chi connectivity index (χ2v) is 7.29. The first-order valence-electron chi connectivity index (χ1n) is 10.1. The van der Waals surface area contributed by atoms with E-state index in [9.17, 15) is 18.0 Å². The molecule has 3 rings (SSSR count). The molecule has 0 saturated carbocycles. The lowest BCUT2D eigenvalue weighted by atomic mass is 10.1. The van der Waals surface area contributed by atoms with Crippen LogP contribution in [0.1, 0.15) is 28.7 Å². The van der Waals surface area contributed by atoms with Gasteiger partial charge in [-0.05, 0) is 62.4 Å². The Morgan fingerprint density at radius 1 is 1.03 bits per heavy atom. The van der Waals surface area contributed by atoms with Gasteiger partial charge in [-0.1, -0.05) is 6.07 Å². The van der Waals surface area contributed by atoms with Crippen LogP contribution in [-0.2, 0) is 11.2 Å². The predicted molar refractivity (Wildman–Crippen MR) is 117 cm³/mol. The van der Waals surface area contributed by atoms with Crippen LogP contribution in [0.4, 0.5) is 18.9 Å². The normalized spacial score (nSPS) is 12.2. The second-order valence-electron chi connectivity index (χ2n) is 7.29. The van der Waals surface area contributed by atoms with Gasteiger partial charge in [0.1, 0.15) is 17.2 Å². The van der Waals surface area contributed by atoms with E-state index in [4.69, 9.17) is 9.47 Å². The summed E-state index contributed by atoms with van der Waals surface area (Å²) in [4.78, 5) is 17.1. The maximum atomic E-state index is 12.6. The number of carbonyl (C=O) groups is 1. The Kier molecular flexibility index (Phi) is 7.55. The zero-order valence-electron chi connectivity index (χ0n) is 18.3. The van der Waals surface area contributed by atoms with Gasteiger partial charge in [-0.3, -0.25) is 9.78 Å². The fourth-order valence-corrected chi connectivity index (χ4v) is 3.02. The molecule has 0 fully saturated rings. The molecule has 1 N–H and O–H groups in total. The molecule has 0 aliphatic heterocycles. The topological polar surface area (TPSA) is 69.7 Å². The minimum atomic E-state index is -4.78. The number of ether oxygens (including phenoxy) is 3. The van der Waals surface area contributed by atoms with Crippen molar-refractivity contribution >= 4 is 11.6 Å². The van der Waals surface area contributed by atoms with Gasteiger partial charge in [0.05, 0.1) is 17.4 Å². The molecule has 0 spiro atoms. The number of anilines is 1. The number of rotatable bonds is 8. The number of aromatic nitrogens is 1. The number of nitrogens with zero attached hydrogens (tertiary/aromatic N) is 1. The Bertz CT molecular complexity index is 1100. The van der Waals surface area contributed by atoms with Gasteiger partial charge in [-0.15, -0.1) is 13.2 Å². The highest BCUT2D eigenvalue weighted by atomic mass is 19.4. The van der Waals surface area contributed by atoms with E-state index in [2.05, 4.69) is 15.0 Å². The zero-order valence-corrected chi connectivity index (χ0v) is 18.3. The molecule has 1 aromatic heterocycles. The van der Waals surface area contributed by atoms with Crippen LogP contribution >= 0.6 is 0 Å². The average molecular weight is 460 g/mol. The highest BCUT2D eigenvalue weighted by molar-refractivity contribution is 6.05. The van der Waals surface area contributed by atoms with Gasteiger partial charge in [0.2, 0.25) is 0 Å². The van der Waals surface area contributed by atoms with Crippen LogP contribution in [0.25, 0.3) is 0 Å². The largest absolute Gasteiger partial charge is 0.573 e. The van der Waals surface area contributed by atoms with Gasteiger partial charge >= 0.3 is 6.36 Å². The molecule has 0 bridgehead atoms. The van der Waals surface area contributed by atoms with Crippen molar-refractivity contribution in [2.45, 2.75) is 32.7 Å². The summed E-state index contributed by atoms with van der Waals surface area (Å²) >= 11 is 0. The zero-order chi connectivity index (χ0) is 24.0. The first-order valence-corrected chi connectivity index (χ1v) is 10.1. The standard InChI is InChI=1S/C24H23F3N2O4/c1-15(31-3)13-18-9-12-22(16(2)28-18)23(30)29-17-7-10-19(11-8-17)32-20-5-4-6-21(14-20)33-24(25,26)27/h4-12,14-15H,13H2,1-3H3,(H,29,30). The summed E-state index contributed by atoms with van der Waals surface area (Å²) in [5, 5.41) is 2.79. The molecule has 174 valence electrons. The number of pyridine rings is 1. The van der Waals surface area contributed by atoms with Crippen molar-refractivity contribution in [3.05, 3.63) is 77.6 Å². The van der Waals surface area contributed by atoms with Gasteiger partial charge < -0.3 is 19.5 Å². The molecule has 3 aromatic rings. The molecule has 6 nitrogen and oxygen atoms in total.